The van der Waals surface area contributed by atoms with E-state index < -0.39 is 8.24 Å². The van der Waals surface area contributed by atoms with Gasteiger partial charge in [0.05, 0.1) is 10.2 Å². The predicted octanol–water partition coefficient (Wildman–Crippen LogP) is 3.44. The Kier molecular flexibility index (Phi) is 4.20. The third-order valence-electron chi connectivity index (χ3n) is 3.21. The molecule has 0 aliphatic heterocycles. The number of rotatable bonds is 4. The highest BCUT2D eigenvalue weighted by Gasteiger charge is 2.28. The van der Waals surface area contributed by atoms with E-state index in [1.54, 1.807) is 17.6 Å². The molecule has 0 radical (unpaired) electrons. The van der Waals surface area contributed by atoms with Gasteiger partial charge < -0.3 is 4.57 Å². The van der Waals surface area contributed by atoms with Crippen molar-refractivity contribution in [2.75, 3.05) is 4.57 Å². The molecule has 4 nitrogen and oxygen atoms in total. The van der Waals surface area contributed by atoms with Crippen molar-refractivity contribution in [3.05, 3.63) is 40.5 Å². The van der Waals surface area contributed by atoms with Crippen LogP contribution in [0, 0.1) is 0 Å². The van der Waals surface area contributed by atoms with E-state index in [1.807, 2.05) is 22.8 Å². The van der Waals surface area contributed by atoms with Gasteiger partial charge in [0.25, 0.3) is 0 Å². The van der Waals surface area contributed by atoms with Gasteiger partial charge in [-0.2, -0.15) is 0 Å². The molecule has 0 N–H and O–H groups in total. The van der Waals surface area contributed by atoms with Crippen molar-refractivity contribution in [1.82, 2.24) is 4.57 Å². The summed E-state index contributed by atoms with van der Waals surface area (Å²) >= 11 is 1.21. The maximum atomic E-state index is 12.0. The van der Waals surface area contributed by atoms with E-state index in [-0.39, 0.29) is 10.8 Å². The minimum absolute atomic E-state index is 0.00410. The first-order chi connectivity index (χ1) is 9.75. The predicted molar refractivity (Wildman–Crippen MR) is 92.8 cm³/mol. The molecule has 1 heterocycles. The minimum atomic E-state index is -1.81. The van der Waals surface area contributed by atoms with Crippen LogP contribution >= 0.6 is 11.3 Å². The number of nitrogens with zero attached hydrogens (tertiary/aromatic N) is 2. The number of allylic oxidation sites excluding steroid dienone is 1. The van der Waals surface area contributed by atoms with E-state index in [4.69, 9.17) is 0 Å². The molecule has 1 aromatic carbocycles. The third-order valence-corrected chi connectivity index (χ3v) is 6.06. The molecule has 2 aromatic rings. The summed E-state index contributed by atoms with van der Waals surface area (Å²) in [5.41, 5.74) is 1.77. The van der Waals surface area contributed by atoms with Crippen LogP contribution in [-0.4, -0.2) is 18.7 Å². The average Bonchev–Trinajstić information content (AvgIpc) is 2.63. The summed E-state index contributed by atoms with van der Waals surface area (Å²) in [5.74, 6) is 0.0476. The SMILES string of the molecule is C=CCn1c(=O)sc2cc(N(C(C)=O)[Si](C)(C)C)ccc21. The van der Waals surface area contributed by atoms with Crippen molar-refractivity contribution in [2.24, 2.45) is 0 Å². The van der Waals surface area contributed by atoms with E-state index >= 15 is 0 Å². The van der Waals surface area contributed by atoms with E-state index in [1.165, 1.54) is 11.3 Å². The van der Waals surface area contributed by atoms with Crippen LogP contribution < -0.4 is 9.44 Å². The van der Waals surface area contributed by atoms with E-state index in [9.17, 15) is 9.59 Å². The topological polar surface area (TPSA) is 42.3 Å². The lowest BCUT2D eigenvalue weighted by molar-refractivity contribution is -0.115. The largest absolute Gasteiger partial charge is 0.341 e. The quantitative estimate of drug-likeness (QED) is 0.640. The Morgan fingerprint density at radius 3 is 2.62 bits per heavy atom. The number of benzene rings is 1. The summed E-state index contributed by atoms with van der Waals surface area (Å²) < 4.78 is 4.49. The molecule has 0 bridgehead atoms. The molecule has 0 saturated heterocycles. The zero-order valence-corrected chi connectivity index (χ0v) is 14.7. The summed E-state index contributed by atoms with van der Waals surface area (Å²) in [6.45, 7) is 12.2. The van der Waals surface area contributed by atoms with Crippen LogP contribution in [0.5, 0.6) is 0 Å². The fourth-order valence-corrected chi connectivity index (χ4v) is 5.33. The smallest absolute Gasteiger partial charge is 0.308 e. The van der Waals surface area contributed by atoms with E-state index in [0.29, 0.717) is 6.54 Å². The highest BCUT2D eigenvalue weighted by atomic mass is 32.1. The van der Waals surface area contributed by atoms with Crippen LogP contribution in [-0.2, 0) is 11.3 Å². The van der Waals surface area contributed by atoms with Gasteiger partial charge in [0.15, 0.2) is 8.24 Å². The summed E-state index contributed by atoms with van der Waals surface area (Å²) in [4.78, 5) is 24.0. The average molecular weight is 320 g/mol. The molecule has 6 heteroatoms. The van der Waals surface area contributed by atoms with E-state index in [2.05, 4.69) is 26.2 Å². The molecule has 0 aliphatic carbocycles. The van der Waals surface area contributed by atoms with Crippen LogP contribution in [0.3, 0.4) is 0 Å². The Balaban J connectivity index is 2.60. The minimum Gasteiger partial charge on any atom is -0.341 e. The van der Waals surface area contributed by atoms with Crippen molar-refractivity contribution in [1.29, 1.82) is 0 Å². The number of thiazole rings is 1. The highest BCUT2D eigenvalue weighted by Crippen LogP contribution is 2.27. The van der Waals surface area contributed by atoms with Crippen molar-refractivity contribution in [3.63, 3.8) is 0 Å². The van der Waals surface area contributed by atoms with Crippen LogP contribution in [0.4, 0.5) is 5.69 Å². The molecule has 0 spiro atoms. The van der Waals surface area contributed by atoms with Crippen molar-refractivity contribution in [3.8, 4) is 0 Å². The Bertz CT molecular complexity index is 755. The zero-order chi connectivity index (χ0) is 15.8. The molecule has 0 atom stereocenters. The number of hydrogen-bond acceptors (Lipinski definition) is 3. The van der Waals surface area contributed by atoms with Gasteiger partial charge in [0, 0.05) is 19.2 Å². The Hall–Kier alpha value is -1.66. The van der Waals surface area contributed by atoms with Gasteiger partial charge in [0.2, 0.25) is 5.91 Å². The van der Waals surface area contributed by atoms with Crippen LogP contribution in [0.25, 0.3) is 10.2 Å². The number of fused-ring (bicyclic) bond motifs is 1. The van der Waals surface area contributed by atoms with Gasteiger partial charge in [-0.05, 0) is 18.2 Å². The monoisotopic (exact) mass is 320 g/mol. The highest BCUT2D eigenvalue weighted by molar-refractivity contribution is 7.16. The fourth-order valence-electron chi connectivity index (χ4n) is 2.54. The number of anilines is 1. The normalized spacial score (nSPS) is 11.6. The summed E-state index contributed by atoms with van der Waals surface area (Å²) in [5, 5.41) is 0. The number of amides is 1. The maximum Gasteiger partial charge on any atom is 0.308 e. The molecule has 0 saturated carbocycles. The summed E-state index contributed by atoms with van der Waals surface area (Å²) in [6.07, 6.45) is 1.71. The van der Waals surface area contributed by atoms with Gasteiger partial charge in [-0.25, -0.2) is 0 Å². The Morgan fingerprint density at radius 1 is 1.43 bits per heavy atom. The second kappa shape index (κ2) is 5.61. The number of aromatic nitrogens is 1. The molecule has 0 unspecified atom stereocenters. The molecule has 2 rings (SSSR count). The lowest BCUT2D eigenvalue weighted by Crippen LogP contribution is -2.49. The second-order valence-corrected chi connectivity index (χ2v) is 11.7. The Morgan fingerprint density at radius 2 is 2.10 bits per heavy atom. The first-order valence-corrected chi connectivity index (χ1v) is 11.1. The standard InChI is InChI=1S/C15H20N2O2SSi/c1-6-9-16-13-8-7-12(10-14(13)20-15(16)19)17(11(2)18)21(3,4)5/h6-8,10H,1,9H2,2-5H3. The zero-order valence-electron chi connectivity index (χ0n) is 12.8. The van der Waals surface area contributed by atoms with Gasteiger partial charge in [0.1, 0.15) is 0 Å². The molecule has 112 valence electrons. The summed E-state index contributed by atoms with van der Waals surface area (Å²) in [7, 11) is -1.81. The maximum absolute atomic E-state index is 12.0. The van der Waals surface area contributed by atoms with Crippen LogP contribution in [0.2, 0.25) is 19.6 Å². The number of carbonyl (C=O) groups excluding carboxylic acids is 1. The van der Waals surface area contributed by atoms with Crippen LogP contribution in [0.1, 0.15) is 6.92 Å². The molecular formula is C15H20N2O2SSi. The number of carbonyl (C=O) groups is 1. The molecule has 0 aliphatic rings. The first kappa shape index (κ1) is 15.7. The first-order valence-electron chi connectivity index (χ1n) is 6.81. The third kappa shape index (κ3) is 3.01. The van der Waals surface area contributed by atoms with E-state index in [0.717, 1.165) is 15.9 Å². The van der Waals surface area contributed by atoms with Gasteiger partial charge >= 0.3 is 4.87 Å². The molecular weight excluding hydrogens is 300 g/mol. The number of hydrogen-bond donors (Lipinski definition) is 0. The van der Waals surface area contributed by atoms with Crippen molar-refractivity contribution in [2.45, 2.75) is 33.1 Å². The molecule has 0 fully saturated rings. The van der Waals surface area contributed by atoms with Gasteiger partial charge in [-0.15, -0.1) is 6.58 Å². The second-order valence-electron chi connectivity index (χ2n) is 5.94. The lowest BCUT2D eigenvalue weighted by Gasteiger charge is -2.33. The summed E-state index contributed by atoms with van der Waals surface area (Å²) in [6, 6.07) is 5.79. The van der Waals surface area contributed by atoms with Gasteiger partial charge in [-0.3, -0.25) is 14.2 Å². The van der Waals surface area contributed by atoms with Crippen LogP contribution in [0.15, 0.2) is 35.6 Å². The van der Waals surface area contributed by atoms with Crippen molar-refractivity contribution >= 4 is 41.4 Å². The van der Waals surface area contributed by atoms with Crippen molar-refractivity contribution < 1.29 is 4.79 Å². The van der Waals surface area contributed by atoms with Gasteiger partial charge in [-0.1, -0.05) is 37.1 Å². The lowest BCUT2D eigenvalue weighted by atomic mass is 10.3. The fraction of sp³-hybridized carbons (Fsp3) is 0.333. The molecule has 1 amide bonds. The Labute approximate surface area is 129 Å². The molecule has 1 aromatic heterocycles. The molecule has 21 heavy (non-hydrogen) atoms.